The average Bonchev–Trinajstić information content (AvgIpc) is 2.98. The van der Waals surface area contributed by atoms with Gasteiger partial charge in [-0.3, -0.25) is 4.79 Å². The number of benzene rings is 1. The van der Waals surface area contributed by atoms with E-state index in [2.05, 4.69) is 10.3 Å². The van der Waals surface area contributed by atoms with Crippen LogP contribution in [-0.2, 0) is 4.74 Å². The number of carbonyl (C=O) groups excluding carboxylic acids is 2. The Morgan fingerprint density at radius 2 is 2.14 bits per heavy atom. The number of rotatable bonds is 4. The molecule has 2 aromatic rings. The number of piperidine rings is 1. The summed E-state index contributed by atoms with van der Waals surface area (Å²) in [6.45, 7) is 0.993. The molecule has 1 aliphatic rings. The molecule has 0 amide bonds. The third-order valence-corrected chi connectivity index (χ3v) is 4.19. The molecule has 2 heterocycles. The van der Waals surface area contributed by atoms with Gasteiger partial charge >= 0.3 is 5.97 Å². The Balaban J connectivity index is 1.78. The number of aromatic amines is 1. The second-order valence-electron chi connectivity index (χ2n) is 5.75. The van der Waals surface area contributed by atoms with Crippen molar-refractivity contribution in [1.82, 2.24) is 10.3 Å². The zero-order valence-electron chi connectivity index (χ0n) is 12.6. The van der Waals surface area contributed by atoms with Crippen molar-refractivity contribution >= 4 is 22.7 Å². The third-order valence-electron chi connectivity index (χ3n) is 4.19. The molecule has 1 saturated heterocycles. The normalized spacial score (nSPS) is 18.3. The van der Waals surface area contributed by atoms with Crippen LogP contribution in [0, 0.1) is 0 Å². The van der Waals surface area contributed by atoms with Gasteiger partial charge in [0, 0.05) is 23.4 Å². The van der Waals surface area contributed by atoms with E-state index in [-0.39, 0.29) is 17.8 Å². The zero-order valence-corrected chi connectivity index (χ0v) is 12.6. The first kappa shape index (κ1) is 14.8. The van der Waals surface area contributed by atoms with Crippen molar-refractivity contribution in [2.75, 3.05) is 13.7 Å². The van der Waals surface area contributed by atoms with Crippen LogP contribution in [0.2, 0.25) is 0 Å². The van der Waals surface area contributed by atoms with E-state index in [1.165, 1.54) is 20.0 Å². The molecule has 1 unspecified atom stereocenters. The van der Waals surface area contributed by atoms with E-state index in [1.54, 1.807) is 18.2 Å². The van der Waals surface area contributed by atoms with Crippen molar-refractivity contribution in [2.45, 2.75) is 31.7 Å². The highest BCUT2D eigenvalue weighted by atomic mass is 16.5. The third kappa shape index (κ3) is 3.04. The van der Waals surface area contributed by atoms with Crippen LogP contribution in [0.15, 0.2) is 24.3 Å². The van der Waals surface area contributed by atoms with Gasteiger partial charge in [-0.2, -0.15) is 0 Å². The Bertz CT molecular complexity index is 699. The number of ether oxygens (including phenoxy) is 1. The number of nitrogens with one attached hydrogen (secondary N) is 2. The summed E-state index contributed by atoms with van der Waals surface area (Å²) in [5.74, 6) is -0.266. The number of methoxy groups -OCH3 is 1. The van der Waals surface area contributed by atoms with Crippen LogP contribution in [0.3, 0.4) is 0 Å². The molecule has 1 fully saturated rings. The van der Waals surface area contributed by atoms with E-state index in [0.29, 0.717) is 17.7 Å². The number of ketones is 1. The van der Waals surface area contributed by atoms with Gasteiger partial charge in [-0.1, -0.05) is 6.42 Å². The first-order chi connectivity index (χ1) is 10.7. The summed E-state index contributed by atoms with van der Waals surface area (Å²) in [5, 5.41) is 4.24. The molecule has 1 aromatic heterocycles. The zero-order chi connectivity index (χ0) is 15.5. The lowest BCUT2D eigenvalue weighted by molar-refractivity contribution is 0.0600. The molecule has 0 aliphatic carbocycles. The summed E-state index contributed by atoms with van der Waals surface area (Å²) < 4.78 is 4.72. The molecule has 0 bridgehead atoms. The molecule has 5 nitrogen and oxygen atoms in total. The fraction of sp³-hybridized carbons (Fsp3) is 0.412. The van der Waals surface area contributed by atoms with E-state index in [9.17, 15) is 9.59 Å². The molecule has 1 aliphatic heterocycles. The first-order valence-corrected chi connectivity index (χ1v) is 7.65. The van der Waals surface area contributed by atoms with Crippen LogP contribution in [0.5, 0.6) is 0 Å². The molecule has 116 valence electrons. The minimum absolute atomic E-state index is 0.107. The lowest BCUT2D eigenvalue weighted by atomic mass is 9.99. The lowest BCUT2D eigenvalue weighted by Crippen LogP contribution is -2.35. The van der Waals surface area contributed by atoms with Crippen LogP contribution in [0.1, 0.15) is 46.5 Å². The Morgan fingerprint density at radius 3 is 2.86 bits per heavy atom. The number of carbonyl (C=O) groups is 2. The molecular formula is C17H20N2O3. The van der Waals surface area contributed by atoms with Crippen LogP contribution < -0.4 is 5.32 Å². The number of fused-ring (bicyclic) bond motifs is 1. The fourth-order valence-electron chi connectivity index (χ4n) is 2.96. The van der Waals surface area contributed by atoms with Crippen LogP contribution in [-0.4, -0.2) is 36.4 Å². The van der Waals surface area contributed by atoms with Gasteiger partial charge in [0.25, 0.3) is 0 Å². The van der Waals surface area contributed by atoms with Crippen molar-refractivity contribution < 1.29 is 14.3 Å². The summed E-state index contributed by atoms with van der Waals surface area (Å²) in [6, 6.07) is 7.33. The predicted molar refractivity (Wildman–Crippen MR) is 84.2 cm³/mol. The maximum atomic E-state index is 12.4. The molecule has 5 heteroatoms. The van der Waals surface area contributed by atoms with Crippen LogP contribution >= 0.6 is 0 Å². The van der Waals surface area contributed by atoms with Crippen molar-refractivity contribution in [3.63, 3.8) is 0 Å². The van der Waals surface area contributed by atoms with Gasteiger partial charge in [-0.15, -0.1) is 0 Å². The maximum Gasteiger partial charge on any atom is 0.337 e. The monoisotopic (exact) mass is 300 g/mol. The van der Waals surface area contributed by atoms with E-state index in [4.69, 9.17) is 4.74 Å². The number of esters is 1. The predicted octanol–water partition coefficient (Wildman–Crippen LogP) is 2.67. The van der Waals surface area contributed by atoms with Crippen molar-refractivity contribution in [3.8, 4) is 0 Å². The Hall–Kier alpha value is -2.14. The van der Waals surface area contributed by atoms with Crippen molar-refractivity contribution in [3.05, 3.63) is 35.5 Å². The summed E-state index contributed by atoms with van der Waals surface area (Å²) >= 11 is 0. The number of hydrogen-bond acceptors (Lipinski definition) is 4. The van der Waals surface area contributed by atoms with Gasteiger partial charge in [0.05, 0.1) is 18.4 Å². The van der Waals surface area contributed by atoms with E-state index < -0.39 is 0 Å². The minimum Gasteiger partial charge on any atom is -0.465 e. The molecule has 0 radical (unpaired) electrons. The summed E-state index contributed by atoms with van der Waals surface area (Å²) in [6.07, 6.45) is 3.93. The van der Waals surface area contributed by atoms with Gasteiger partial charge in [0.2, 0.25) is 0 Å². The van der Waals surface area contributed by atoms with Crippen LogP contribution in [0.25, 0.3) is 10.9 Å². The molecule has 2 N–H and O–H groups in total. The van der Waals surface area contributed by atoms with Gasteiger partial charge < -0.3 is 15.0 Å². The van der Waals surface area contributed by atoms with Crippen molar-refractivity contribution in [1.29, 1.82) is 0 Å². The highest BCUT2D eigenvalue weighted by Gasteiger charge is 2.19. The Morgan fingerprint density at radius 1 is 1.27 bits per heavy atom. The van der Waals surface area contributed by atoms with Gasteiger partial charge in [-0.25, -0.2) is 4.79 Å². The number of aromatic nitrogens is 1. The highest BCUT2D eigenvalue weighted by Crippen LogP contribution is 2.20. The standard InChI is InChI=1S/C17H20N2O3/c1-22-17(21)11-5-6-14-12(8-11)9-15(19-14)16(20)10-13-4-2-3-7-18-13/h5-6,8-9,13,18-19H,2-4,7,10H2,1H3. The number of Topliss-reactive ketones (excluding diaryl/α,β-unsaturated/α-hetero) is 1. The van der Waals surface area contributed by atoms with Gasteiger partial charge in [0.1, 0.15) is 0 Å². The highest BCUT2D eigenvalue weighted by molar-refractivity contribution is 6.01. The lowest BCUT2D eigenvalue weighted by Gasteiger charge is -2.22. The van der Waals surface area contributed by atoms with Crippen molar-refractivity contribution in [2.24, 2.45) is 0 Å². The van der Waals surface area contributed by atoms with Gasteiger partial charge in [0.15, 0.2) is 5.78 Å². The Labute approximate surface area is 129 Å². The van der Waals surface area contributed by atoms with Gasteiger partial charge in [-0.05, 0) is 43.7 Å². The quantitative estimate of drug-likeness (QED) is 0.672. The van der Waals surface area contributed by atoms with E-state index in [0.717, 1.165) is 23.9 Å². The topological polar surface area (TPSA) is 71.2 Å². The average molecular weight is 300 g/mol. The molecule has 1 aromatic carbocycles. The second-order valence-corrected chi connectivity index (χ2v) is 5.75. The summed E-state index contributed by atoms with van der Waals surface area (Å²) in [7, 11) is 1.36. The fourth-order valence-corrected chi connectivity index (χ4v) is 2.96. The minimum atomic E-state index is -0.373. The Kier molecular flexibility index (Phi) is 4.24. The summed E-state index contributed by atoms with van der Waals surface area (Å²) in [5.41, 5.74) is 1.94. The smallest absolute Gasteiger partial charge is 0.337 e. The largest absolute Gasteiger partial charge is 0.465 e. The number of hydrogen-bond donors (Lipinski definition) is 2. The second kappa shape index (κ2) is 6.32. The summed E-state index contributed by atoms with van der Waals surface area (Å²) in [4.78, 5) is 27.1. The number of H-pyrrole nitrogens is 1. The molecule has 0 spiro atoms. The first-order valence-electron chi connectivity index (χ1n) is 7.65. The SMILES string of the molecule is COC(=O)c1ccc2[nH]c(C(=O)CC3CCCCN3)cc2c1. The van der Waals surface area contributed by atoms with Crippen LogP contribution in [0.4, 0.5) is 0 Å². The molecule has 3 rings (SSSR count). The molecule has 22 heavy (non-hydrogen) atoms. The molecular weight excluding hydrogens is 280 g/mol. The maximum absolute atomic E-state index is 12.4. The molecule has 1 atom stereocenters. The van der Waals surface area contributed by atoms with E-state index in [1.807, 2.05) is 6.07 Å². The molecule has 0 saturated carbocycles. The van der Waals surface area contributed by atoms with E-state index >= 15 is 0 Å².